The lowest BCUT2D eigenvalue weighted by molar-refractivity contribution is 0.513. The summed E-state index contributed by atoms with van der Waals surface area (Å²) in [5, 5.41) is 0.514. The number of rotatable bonds is 2. The van der Waals surface area contributed by atoms with Crippen molar-refractivity contribution >= 4 is 19.0 Å². The van der Waals surface area contributed by atoms with E-state index < -0.39 is 8.03 Å². The first-order valence-electron chi connectivity index (χ1n) is 3.96. The molecule has 0 fully saturated rings. The van der Waals surface area contributed by atoms with E-state index >= 15 is 0 Å². The lowest BCUT2D eigenvalue weighted by atomic mass is 10.2. The molecule has 70 valence electrons. The van der Waals surface area contributed by atoms with E-state index in [1.54, 1.807) is 6.07 Å². The van der Waals surface area contributed by atoms with Crippen molar-refractivity contribution < 1.29 is 9.46 Å². The zero-order valence-electron chi connectivity index (χ0n) is 7.98. The number of hydrogen-bond acceptors (Lipinski definition) is 2. The largest absolute Gasteiger partial charge is 0.546 e. The summed E-state index contributed by atoms with van der Waals surface area (Å²) in [4.78, 5) is 10.9. The predicted octanol–water partition coefficient (Wildman–Crippen LogP) is 1.42. The van der Waals surface area contributed by atoms with Gasteiger partial charge >= 0.3 is 8.03 Å². The van der Waals surface area contributed by atoms with Gasteiger partial charge in [-0.3, -0.25) is 0 Å². The zero-order chi connectivity index (χ0) is 10.0. The molecule has 1 aromatic carbocycles. The van der Waals surface area contributed by atoms with Gasteiger partial charge in [-0.15, -0.1) is 0 Å². The van der Waals surface area contributed by atoms with Crippen molar-refractivity contribution in [2.24, 2.45) is 0 Å². The van der Waals surface area contributed by atoms with Crippen molar-refractivity contribution in [1.29, 1.82) is 0 Å². The van der Waals surface area contributed by atoms with Gasteiger partial charge in [-0.2, -0.15) is 4.89 Å². The standard InChI is InChI=1S/C9H12NO2P/c1-7-6-8(10(2)3)4-5-9(7)13(11)12/h4-6H,1-3H3/p+1. The molecule has 0 heterocycles. The fourth-order valence-corrected chi connectivity index (χ4v) is 1.70. The van der Waals surface area contributed by atoms with Gasteiger partial charge in [-0.1, -0.05) is 0 Å². The van der Waals surface area contributed by atoms with Gasteiger partial charge in [-0.25, -0.2) is 0 Å². The lowest BCUT2D eigenvalue weighted by Gasteiger charge is -2.12. The Hall–Kier alpha value is -0.920. The van der Waals surface area contributed by atoms with E-state index in [4.69, 9.17) is 4.89 Å². The Kier molecular flexibility index (Phi) is 3.02. The molecule has 1 N–H and O–H groups in total. The molecule has 0 spiro atoms. The van der Waals surface area contributed by atoms with Gasteiger partial charge in [0.15, 0.2) is 0 Å². The van der Waals surface area contributed by atoms with E-state index in [1.165, 1.54) is 0 Å². The second-order valence-corrected chi connectivity index (χ2v) is 4.17. The van der Waals surface area contributed by atoms with Crippen LogP contribution in [-0.2, 0) is 4.57 Å². The van der Waals surface area contributed by atoms with Gasteiger partial charge in [0.05, 0.1) is 0 Å². The van der Waals surface area contributed by atoms with E-state index in [0.29, 0.717) is 5.30 Å². The molecule has 1 unspecified atom stereocenters. The van der Waals surface area contributed by atoms with Gasteiger partial charge in [0.25, 0.3) is 0 Å². The van der Waals surface area contributed by atoms with Crippen LogP contribution in [0.5, 0.6) is 0 Å². The molecule has 0 saturated heterocycles. The van der Waals surface area contributed by atoms with E-state index in [0.717, 1.165) is 11.3 Å². The molecule has 1 aromatic rings. The topological polar surface area (TPSA) is 40.5 Å². The number of nitrogens with zero attached hydrogens (tertiary/aromatic N) is 1. The summed E-state index contributed by atoms with van der Waals surface area (Å²) in [6, 6.07) is 5.44. The average Bonchev–Trinajstić information content (AvgIpc) is 2.03. The number of anilines is 1. The third-order valence-corrected chi connectivity index (χ3v) is 2.82. The molecule has 0 aliphatic heterocycles. The summed E-state index contributed by atoms with van der Waals surface area (Å²) in [5.41, 5.74) is 1.90. The van der Waals surface area contributed by atoms with Crippen LogP contribution in [0.2, 0.25) is 0 Å². The summed E-state index contributed by atoms with van der Waals surface area (Å²) in [7, 11) is 1.66. The van der Waals surface area contributed by atoms with Crippen molar-refractivity contribution in [2.45, 2.75) is 6.92 Å². The molecule has 4 heteroatoms. The summed E-state index contributed by atoms with van der Waals surface area (Å²) in [6.07, 6.45) is 0. The van der Waals surface area contributed by atoms with Crippen LogP contribution >= 0.6 is 8.03 Å². The maximum absolute atomic E-state index is 10.8. The summed E-state index contributed by atoms with van der Waals surface area (Å²) >= 11 is 0. The monoisotopic (exact) mass is 198 g/mol. The second-order valence-electron chi connectivity index (χ2n) is 3.14. The Morgan fingerprint density at radius 2 is 2.00 bits per heavy atom. The molecule has 0 aliphatic rings. The maximum atomic E-state index is 10.8. The maximum Gasteiger partial charge on any atom is 0.546 e. The van der Waals surface area contributed by atoms with Gasteiger partial charge < -0.3 is 4.90 Å². The zero-order valence-corrected chi connectivity index (χ0v) is 8.88. The highest BCUT2D eigenvalue weighted by atomic mass is 31.1. The van der Waals surface area contributed by atoms with Crippen LogP contribution < -0.4 is 10.2 Å². The molecule has 0 aliphatic carbocycles. The number of benzene rings is 1. The Morgan fingerprint density at radius 1 is 1.38 bits per heavy atom. The van der Waals surface area contributed by atoms with Crippen LogP contribution in [0.3, 0.4) is 0 Å². The van der Waals surface area contributed by atoms with Crippen LogP contribution in [0.4, 0.5) is 5.69 Å². The Bertz CT molecular complexity index is 336. The van der Waals surface area contributed by atoms with Gasteiger partial charge in [0.2, 0.25) is 5.30 Å². The van der Waals surface area contributed by atoms with Gasteiger partial charge in [0.1, 0.15) is 0 Å². The fraction of sp³-hybridized carbons (Fsp3) is 0.333. The Labute approximate surface area is 78.9 Å². The second kappa shape index (κ2) is 3.86. The summed E-state index contributed by atoms with van der Waals surface area (Å²) in [5.74, 6) is 0. The van der Waals surface area contributed by atoms with Gasteiger partial charge in [-0.05, 0) is 29.7 Å². The summed E-state index contributed by atoms with van der Waals surface area (Å²) in [6.45, 7) is 1.84. The SMILES string of the molecule is Cc1cc(N(C)C)ccc1[P+](=O)O. The van der Waals surface area contributed by atoms with Crippen LogP contribution in [0, 0.1) is 6.92 Å². The smallest absolute Gasteiger partial charge is 0.378 e. The molecule has 13 heavy (non-hydrogen) atoms. The van der Waals surface area contributed by atoms with Crippen LogP contribution in [-0.4, -0.2) is 19.0 Å². The number of hydrogen-bond donors (Lipinski definition) is 1. The van der Waals surface area contributed by atoms with E-state index in [9.17, 15) is 4.57 Å². The molecule has 1 atom stereocenters. The number of aryl methyl sites for hydroxylation is 1. The molecule has 3 nitrogen and oxygen atoms in total. The van der Waals surface area contributed by atoms with Crippen molar-refractivity contribution in [3.05, 3.63) is 23.8 Å². The Balaban J connectivity index is 3.13. The highest BCUT2D eigenvalue weighted by Gasteiger charge is 2.19. The van der Waals surface area contributed by atoms with E-state index in [-0.39, 0.29) is 0 Å². The third kappa shape index (κ3) is 2.27. The molecular weight excluding hydrogens is 185 g/mol. The molecular formula is C9H13NO2P+. The van der Waals surface area contributed by atoms with Crippen LogP contribution in [0.1, 0.15) is 5.56 Å². The first kappa shape index (κ1) is 10.2. The predicted molar refractivity (Wildman–Crippen MR) is 55.0 cm³/mol. The average molecular weight is 198 g/mol. The fourth-order valence-electron chi connectivity index (χ4n) is 1.13. The van der Waals surface area contributed by atoms with Crippen molar-refractivity contribution in [1.82, 2.24) is 0 Å². The third-order valence-electron chi connectivity index (χ3n) is 1.90. The summed E-state index contributed by atoms with van der Waals surface area (Å²) < 4.78 is 10.8. The molecule has 0 aromatic heterocycles. The molecule has 1 rings (SSSR count). The molecule has 0 radical (unpaired) electrons. The first-order valence-corrected chi connectivity index (χ1v) is 5.17. The minimum absolute atomic E-state index is 0.514. The highest BCUT2D eigenvalue weighted by molar-refractivity contribution is 7.47. The normalized spacial score (nSPS) is 11.2. The van der Waals surface area contributed by atoms with E-state index in [2.05, 4.69) is 0 Å². The van der Waals surface area contributed by atoms with Crippen LogP contribution in [0.25, 0.3) is 0 Å². The molecule has 0 saturated carbocycles. The lowest BCUT2D eigenvalue weighted by Crippen LogP contribution is -2.11. The quantitative estimate of drug-likeness (QED) is 0.730. The van der Waals surface area contributed by atoms with E-state index in [1.807, 2.05) is 38.1 Å². The first-order chi connectivity index (χ1) is 6.02. The van der Waals surface area contributed by atoms with Crippen molar-refractivity contribution in [2.75, 3.05) is 19.0 Å². The highest BCUT2D eigenvalue weighted by Crippen LogP contribution is 2.19. The van der Waals surface area contributed by atoms with Crippen LogP contribution in [0.15, 0.2) is 18.2 Å². The Morgan fingerprint density at radius 3 is 2.38 bits per heavy atom. The van der Waals surface area contributed by atoms with Gasteiger partial charge in [0, 0.05) is 25.3 Å². The molecule has 0 amide bonds. The minimum atomic E-state index is -2.22. The molecule has 0 bridgehead atoms. The minimum Gasteiger partial charge on any atom is -0.378 e. The van der Waals surface area contributed by atoms with Crippen molar-refractivity contribution in [3.63, 3.8) is 0 Å². The van der Waals surface area contributed by atoms with Crippen molar-refractivity contribution in [3.8, 4) is 0 Å².